The van der Waals surface area contributed by atoms with Crippen LogP contribution in [0.2, 0.25) is 0 Å². The summed E-state index contributed by atoms with van der Waals surface area (Å²) < 4.78 is 6.59. The third-order valence-electron chi connectivity index (χ3n) is 2.63. The summed E-state index contributed by atoms with van der Waals surface area (Å²) in [7, 11) is 0. The van der Waals surface area contributed by atoms with Gasteiger partial charge in [-0.3, -0.25) is 0 Å². The van der Waals surface area contributed by atoms with E-state index in [-0.39, 0.29) is 0 Å². The van der Waals surface area contributed by atoms with E-state index in [1.165, 1.54) is 16.5 Å². The Labute approximate surface area is 107 Å². The van der Waals surface area contributed by atoms with Crippen molar-refractivity contribution >= 4 is 33.6 Å². The number of fused-ring (bicyclic) bond motifs is 1. The predicted octanol–water partition coefficient (Wildman–Crippen LogP) is 4.70. The van der Waals surface area contributed by atoms with Crippen LogP contribution in [0.15, 0.2) is 59.2 Å². The Morgan fingerprint density at radius 3 is 2.50 bits per heavy atom. The Kier molecular flexibility index (Phi) is 2.44. The number of hydrogen-bond donors (Lipinski definition) is 0. The first-order chi connectivity index (χ1) is 7.84. The van der Waals surface area contributed by atoms with Gasteiger partial charge in [-0.25, -0.2) is 0 Å². The van der Waals surface area contributed by atoms with Crippen molar-refractivity contribution in [2.75, 3.05) is 0 Å². The second-order valence-electron chi connectivity index (χ2n) is 3.66. The smallest absolute Gasteiger partial charge is 0.135 e. The largest absolute Gasteiger partial charge is 0.463 e. The lowest BCUT2D eigenvalue weighted by Crippen LogP contribution is -1.76. The third kappa shape index (κ3) is 1.63. The fraction of sp³-hybridized carbons (Fsp3) is 0. The minimum Gasteiger partial charge on any atom is -0.463 e. The summed E-state index contributed by atoms with van der Waals surface area (Å²) >= 11 is 2.30. The van der Waals surface area contributed by atoms with E-state index in [4.69, 9.17) is 4.42 Å². The molecule has 1 nitrogen and oxygen atoms in total. The zero-order valence-electron chi connectivity index (χ0n) is 8.48. The quantitative estimate of drug-likeness (QED) is 0.592. The molecule has 0 bridgehead atoms. The molecule has 2 heteroatoms. The molecule has 0 fully saturated rings. The van der Waals surface area contributed by atoms with Gasteiger partial charge in [0.25, 0.3) is 0 Å². The molecule has 0 saturated carbocycles. The summed E-state index contributed by atoms with van der Waals surface area (Å²) in [6.45, 7) is 0. The predicted molar refractivity (Wildman–Crippen MR) is 74.4 cm³/mol. The molecule has 78 valence electrons. The first kappa shape index (κ1) is 9.90. The lowest BCUT2D eigenvalue weighted by Gasteiger charge is -2.00. The Morgan fingerprint density at radius 1 is 0.875 bits per heavy atom. The van der Waals surface area contributed by atoms with Crippen LogP contribution in [0.3, 0.4) is 0 Å². The summed E-state index contributed by atoms with van der Waals surface area (Å²) in [4.78, 5) is 0. The molecule has 0 spiro atoms. The van der Waals surface area contributed by atoms with E-state index in [1.807, 2.05) is 12.1 Å². The van der Waals surface area contributed by atoms with Crippen LogP contribution < -0.4 is 0 Å². The van der Waals surface area contributed by atoms with Crippen LogP contribution in [0.4, 0.5) is 0 Å². The molecule has 0 saturated heterocycles. The highest BCUT2D eigenvalue weighted by Crippen LogP contribution is 2.28. The van der Waals surface area contributed by atoms with Gasteiger partial charge in [-0.15, -0.1) is 0 Å². The van der Waals surface area contributed by atoms with E-state index in [1.54, 1.807) is 6.26 Å². The minimum atomic E-state index is 0.948. The average Bonchev–Trinajstić information content (AvgIpc) is 2.72. The fourth-order valence-electron chi connectivity index (χ4n) is 1.81. The summed E-state index contributed by atoms with van der Waals surface area (Å²) in [5.74, 6) is 0. The van der Waals surface area contributed by atoms with Crippen LogP contribution in [0.1, 0.15) is 0 Å². The van der Waals surface area contributed by atoms with E-state index in [0.29, 0.717) is 0 Å². The van der Waals surface area contributed by atoms with Gasteiger partial charge in [-0.2, -0.15) is 0 Å². The van der Waals surface area contributed by atoms with E-state index < -0.39 is 0 Å². The standard InChI is InChI=1S/C14H9IO/c15-13-9-16-14-7-6-11(8-12(13)14)10-4-2-1-3-5-10/h1-9H. The van der Waals surface area contributed by atoms with Gasteiger partial charge < -0.3 is 4.42 Å². The molecule has 0 aliphatic heterocycles. The third-order valence-corrected chi connectivity index (χ3v) is 3.47. The van der Waals surface area contributed by atoms with E-state index in [2.05, 4.69) is 59.0 Å². The highest BCUT2D eigenvalue weighted by molar-refractivity contribution is 14.1. The second kappa shape index (κ2) is 3.94. The molecular weight excluding hydrogens is 311 g/mol. The Balaban J connectivity index is 2.22. The molecule has 0 atom stereocenters. The number of rotatable bonds is 1. The lowest BCUT2D eigenvalue weighted by molar-refractivity contribution is 0.613. The number of hydrogen-bond acceptors (Lipinski definition) is 1. The minimum absolute atomic E-state index is 0.948. The lowest BCUT2D eigenvalue weighted by atomic mass is 10.0. The van der Waals surface area contributed by atoms with Crippen molar-refractivity contribution in [3.63, 3.8) is 0 Å². The fourth-order valence-corrected chi connectivity index (χ4v) is 2.36. The molecule has 0 radical (unpaired) electrons. The first-order valence-corrected chi connectivity index (χ1v) is 6.14. The molecule has 0 amide bonds. The molecule has 1 heterocycles. The monoisotopic (exact) mass is 320 g/mol. The summed E-state index contributed by atoms with van der Waals surface area (Å²) in [5, 5.41) is 1.18. The van der Waals surface area contributed by atoms with Gasteiger partial charge in [-0.05, 0) is 45.9 Å². The first-order valence-electron chi connectivity index (χ1n) is 5.07. The van der Waals surface area contributed by atoms with Crippen molar-refractivity contribution in [3.05, 3.63) is 58.4 Å². The highest BCUT2D eigenvalue weighted by atomic mass is 127. The second-order valence-corrected chi connectivity index (χ2v) is 4.82. The summed E-state index contributed by atoms with van der Waals surface area (Å²) in [6, 6.07) is 16.7. The Morgan fingerprint density at radius 2 is 1.69 bits per heavy atom. The van der Waals surface area contributed by atoms with Gasteiger partial charge in [0.1, 0.15) is 11.8 Å². The summed E-state index contributed by atoms with van der Waals surface area (Å²) in [6.07, 6.45) is 1.79. The maximum absolute atomic E-state index is 5.43. The Hall–Kier alpha value is -1.29. The van der Waals surface area contributed by atoms with Crippen molar-refractivity contribution in [1.29, 1.82) is 0 Å². The van der Waals surface area contributed by atoms with Crippen LogP contribution in [0, 0.1) is 3.57 Å². The normalized spacial score (nSPS) is 10.8. The van der Waals surface area contributed by atoms with Crippen LogP contribution in [0.25, 0.3) is 22.1 Å². The van der Waals surface area contributed by atoms with Crippen molar-refractivity contribution in [3.8, 4) is 11.1 Å². The highest BCUT2D eigenvalue weighted by Gasteiger charge is 2.04. The van der Waals surface area contributed by atoms with Crippen LogP contribution in [-0.2, 0) is 0 Å². The molecule has 0 aliphatic rings. The molecule has 1 aromatic heterocycles. The van der Waals surface area contributed by atoms with Crippen LogP contribution >= 0.6 is 22.6 Å². The maximum atomic E-state index is 5.43. The number of furan rings is 1. The van der Waals surface area contributed by atoms with E-state index in [9.17, 15) is 0 Å². The van der Waals surface area contributed by atoms with Crippen LogP contribution in [0.5, 0.6) is 0 Å². The Bertz CT molecular complexity index is 626. The van der Waals surface area contributed by atoms with Gasteiger partial charge >= 0.3 is 0 Å². The van der Waals surface area contributed by atoms with E-state index >= 15 is 0 Å². The molecular formula is C14H9IO. The average molecular weight is 320 g/mol. The van der Waals surface area contributed by atoms with E-state index in [0.717, 1.165) is 9.15 Å². The zero-order chi connectivity index (χ0) is 11.0. The maximum Gasteiger partial charge on any atom is 0.135 e. The van der Waals surface area contributed by atoms with Crippen molar-refractivity contribution in [1.82, 2.24) is 0 Å². The molecule has 0 unspecified atom stereocenters. The topological polar surface area (TPSA) is 13.1 Å². The molecule has 16 heavy (non-hydrogen) atoms. The van der Waals surface area contributed by atoms with Crippen molar-refractivity contribution in [2.24, 2.45) is 0 Å². The van der Waals surface area contributed by atoms with Gasteiger partial charge in [0.2, 0.25) is 0 Å². The molecule has 0 aliphatic carbocycles. The molecule has 3 rings (SSSR count). The molecule has 2 aromatic carbocycles. The van der Waals surface area contributed by atoms with Gasteiger partial charge in [-0.1, -0.05) is 36.4 Å². The summed E-state index contributed by atoms with van der Waals surface area (Å²) in [5.41, 5.74) is 3.41. The van der Waals surface area contributed by atoms with Gasteiger partial charge in [0.05, 0.1) is 3.57 Å². The van der Waals surface area contributed by atoms with Gasteiger partial charge in [0, 0.05) is 5.39 Å². The SMILES string of the molecule is Ic1coc2ccc(-c3ccccc3)cc12. The van der Waals surface area contributed by atoms with Crippen molar-refractivity contribution in [2.45, 2.75) is 0 Å². The number of benzene rings is 2. The molecule has 3 aromatic rings. The van der Waals surface area contributed by atoms with Crippen LogP contribution in [-0.4, -0.2) is 0 Å². The van der Waals surface area contributed by atoms with Crippen molar-refractivity contribution < 1.29 is 4.42 Å². The van der Waals surface area contributed by atoms with Gasteiger partial charge in [0.15, 0.2) is 0 Å². The number of halogens is 1. The molecule has 0 N–H and O–H groups in total. The zero-order valence-corrected chi connectivity index (χ0v) is 10.6.